The van der Waals surface area contributed by atoms with Crippen LogP contribution in [0.15, 0.2) is 18.2 Å². The Balaban J connectivity index is 2.28. The largest absolute Gasteiger partial charge is 0.330 e. The van der Waals surface area contributed by atoms with Crippen LogP contribution in [-0.2, 0) is 0 Å². The quantitative estimate of drug-likeness (QED) is 0.855. The summed E-state index contributed by atoms with van der Waals surface area (Å²) in [5, 5.41) is 0.793. The Morgan fingerprint density at radius 3 is 2.82 bits per heavy atom. The number of hydrogen-bond acceptors (Lipinski definition) is 2. The summed E-state index contributed by atoms with van der Waals surface area (Å²) in [4.78, 5) is 12.4. The molecule has 2 unspecified atom stereocenters. The average molecular weight is 272 g/mol. The lowest BCUT2D eigenvalue weighted by Gasteiger charge is -2.17. The molecule has 1 aliphatic carbocycles. The highest BCUT2D eigenvalue weighted by atomic mass is 35.5. The van der Waals surface area contributed by atoms with Crippen molar-refractivity contribution in [2.45, 2.75) is 19.3 Å². The van der Waals surface area contributed by atoms with Gasteiger partial charge in [0.1, 0.15) is 0 Å². The molecule has 4 heteroatoms. The number of nitrogens with two attached hydrogens (primary N) is 1. The molecule has 2 atom stereocenters. The topological polar surface area (TPSA) is 43.1 Å². The van der Waals surface area contributed by atoms with Crippen molar-refractivity contribution in [2.24, 2.45) is 17.6 Å². The molecule has 92 valence electrons. The molecule has 0 aliphatic heterocycles. The van der Waals surface area contributed by atoms with Crippen LogP contribution in [0.3, 0.4) is 0 Å². The first-order valence-electron chi connectivity index (χ1n) is 5.83. The Hall–Kier alpha value is -0.570. The Kier molecular flexibility index (Phi) is 4.08. The Bertz CT molecular complexity index is 433. The molecule has 0 heterocycles. The number of rotatable bonds is 3. The summed E-state index contributed by atoms with van der Waals surface area (Å²) >= 11 is 12.0. The molecule has 0 saturated heterocycles. The van der Waals surface area contributed by atoms with E-state index in [4.69, 9.17) is 28.9 Å². The summed E-state index contributed by atoms with van der Waals surface area (Å²) in [6.45, 7) is 0.564. The number of hydrogen-bond donors (Lipinski definition) is 1. The summed E-state index contributed by atoms with van der Waals surface area (Å²) in [5.74, 6) is 0.388. The highest BCUT2D eigenvalue weighted by Crippen LogP contribution is 2.36. The molecule has 1 aromatic carbocycles. The predicted octanol–water partition coefficient (Wildman–Crippen LogP) is 3.55. The molecule has 1 aromatic rings. The van der Waals surface area contributed by atoms with Gasteiger partial charge in [-0.1, -0.05) is 35.7 Å². The molecule has 1 aliphatic rings. The van der Waals surface area contributed by atoms with Crippen LogP contribution >= 0.6 is 23.2 Å². The first-order valence-corrected chi connectivity index (χ1v) is 6.59. The van der Waals surface area contributed by atoms with Crippen LogP contribution in [0.25, 0.3) is 0 Å². The van der Waals surface area contributed by atoms with E-state index in [-0.39, 0.29) is 17.6 Å². The summed E-state index contributed by atoms with van der Waals surface area (Å²) < 4.78 is 0. The fourth-order valence-corrected chi connectivity index (χ4v) is 2.95. The lowest BCUT2D eigenvalue weighted by Crippen LogP contribution is -2.25. The van der Waals surface area contributed by atoms with E-state index in [0.29, 0.717) is 22.2 Å². The van der Waals surface area contributed by atoms with Gasteiger partial charge in [0, 0.05) is 11.5 Å². The molecule has 2 rings (SSSR count). The van der Waals surface area contributed by atoms with E-state index in [1.54, 1.807) is 18.2 Å². The molecule has 0 bridgehead atoms. The van der Waals surface area contributed by atoms with Crippen molar-refractivity contribution in [3.8, 4) is 0 Å². The second kappa shape index (κ2) is 5.38. The second-order valence-corrected chi connectivity index (χ2v) is 5.28. The molecule has 1 fully saturated rings. The van der Waals surface area contributed by atoms with E-state index >= 15 is 0 Å². The number of carbonyl (C=O) groups is 1. The highest BCUT2D eigenvalue weighted by Gasteiger charge is 2.33. The minimum atomic E-state index is 0.0102. The Labute approximate surface area is 111 Å². The normalized spacial score (nSPS) is 23.9. The van der Waals surface area contributed by atoms with Crippen molar-refractivity contribution in [1.82, 2.24) is 0 Å². The molecular formula is C13H15Cl2NO. The fraction of sp³-hybridized carbons (Fsp3) is 0.462. The van der Waals surface area contributed by atoms with Crippen molar-refractivity contribution in [1.29, 1.82) is 0 Å². The zero-order valence-electron chi connectivity index (χ0n) is 9.46. The van der Waals surface area contributed by atoms with E-state index in [2.05, 4.69) is 0 Å². The average Bonchev–Trinajstić information content (AvgIpc) is 2.80. The van der Waals surface area contributed by atoms with E-state index < -0.39 is 0 Å². The standard InChI is InChI=1S/C13H15Cl2NO/c14-11-6-2-5-10(12(11)15)13(17)9-4-1-3-8(9)7-16/h2,5-6,8-9H,1,3-4,7,16H2. The van der Waals surface area contributed by atoms with Gasteiger partial charge >= 0.3 is 0 Å². The monoisotopic (exact) mass is 271 g/mol. The van der Waals surface area contributed by atoms with Gasteiger partial charge in [0.15, 0.2) is 5.78 Å². The number of ketones is 1. The van der Waals surface area contributed by atoms with Gasteiger partial charge in [-0.3, -0.25) is 4.79 Å². The van der Waals surface area contributed by atoms with Crippen LogP contribution in [0, 0.1) is 11.8 Å². The SMILES string of the molecule is NCC1CCCC1C(=O)c1cccc(Cl)c1Cl. The van der Waals surface area contributed by atoms with Gasteiger partial charge in [-0.25, -0.2) is 0 Å². The van der Waals surface area contributed by atoms with Crippen LogP contribution in [0.1, 0.15) is 29.6 Å². The zero-order chi connectivity index (χ0) is 12.4. The lowest BCUT2D eigenvalue weighted by atomic mass is 9.88. The first kappa shape index (κ1) is 12.9. The van der Waals surface area contributed by atoms with Crippen LogP contribution in [0.2, 0.25) is 10.0 Å². The van der Waals surface area contributed by atoms with Gasteiger partial charge in [0.2, 0.25) is 0 Å². The summed E-state index contributed by atoms with van der Waals surface area (Å²) in [7, 11) is 0. The van der Waals surface area contributed by atoms with Crippen molar-refractivity contribution in [2.75, 3.05) is 6.54 Å². The Morgan fingerprint density at radius 2 is 2.12 bits per heavy atom. The zero-order valence-corrected chi connectivity index (χ0v) is 11.0. The molecule has 0 radical (unpaired) electrons. The molecule has 0 spiro atoms. The molecule has 2 nitrogen and oxygen atoms in total. The molecular weight excluding hydrogens is 257 g/mol. The van der Waals surface area contributed by atoms with E-state index in [9.17, 15) is 4.79 Å². The van der Waals surface area contributed by atoms with Gasteiger partial charge in [-0.15, -0.1) is 0 Å². The minimum Gasteiger partial charge on any atom is -0.330 e. The smallest absolute Gasteiger partial charge is 0.167 e. The van der Waals surface area contributed by atoms with Crippen molar-refractivity contribution < 1.29 is 4.79 Å². The summed E-state index contributed by atoms with van der Waals surface area (Å²) in [6, 6.07) is 5.19. The number of benzene rings is 1. The van der Waals surface area contributed by atoms with Gasteiger partial charge in [-0.05, 0) is 37.4 Å². The maximum absolute atomic E-state index is 12.4. The maximum atomic E-state index is 12.4. The lowest BCUT2D eigenvalue weighted by molar-refractivity contribution is 0.0893. The fourth-order valence-electron chi connectivity index (χ4n) is 2.56. The van der Waals surface area contributed by atoms with E-state index in [1.807, 2.05) is 0 Å². The highest BCUT2D eigenvalue weighted by molar-refractivity contribution is 6.44. The second-order valence-electron chi connectivity index (χ2n) is 4.50. The number of carbonyl (C=O) groups excluding carboxylic acids is 1. The van der Waals surface area contributed by atoms with Crippen LogP contribution in [0.5, 0.6) is 0 Å². The Morgan fingerprint density at radius 1 is 1.35 bits per heavy atom. The molecule has 0 aromatic heterocycles. The predicted molar refractivity (Wildman–Crippen MR) is 70.7 cm³/mol. The van der Waals surface area contributed by atoms with Crippen LogP contribution in [0.4, 0.5) is 0 Å². The molecule has 17 heavy (non-hydrogen) atoms. The summed E-state index contributed by atoms with van der Waals surface area (Å²) in [5.41, 5.74) is 6.23. The van der Waals surface area contributed by atoms with Crippen molar-refractivity contribution >= 4 is 29.0 Å². The molecule has 1 saturated carbocycles. The van der Waals surface area contributed by atoms with E-state index in [0.717, 1.165) is 19.3 Å². The van der Waals surface area contributed by atoms with Gasteiger partial charge in [0.05, 0.1) is 10.0 Å². The third-order valence-corrected chi connectivity index (χ3v) is 4.33. The van der Waals surface area contributed by atoms with Crippen molar-refractivity contribution in [3.63, 3.8) is 0 Å². The first-order chi connectivity index (χ1) is 8.15. The molecule has 2 N–H and O–H groups in total. The number of Topliss-reactive ketones (excluding diaryl/α,β-unsaturated/α-hetero) is 1. The number of halogens is 2. The van der Waals surface area contributed by atoms with E-state index in [1.165, 1.54) is 0 Å². The van der Waals surface area contributed by atoms with Gasteiger partial charge in [0.25, 0.3) is 0 Å². The third-order valence-electron chi connectivity index (χ3n) is 3.52. The van der Waals surface area contributed by atoms with Gasteiger partial charge < -0.3 is 5.73 Å². The maximum Gasteiger partial charge on any atom is 0.167 e. The summed E-state index contributed by atoms with van der Waals surface area (Å²) in [6.07, 6.45) is 3.01. The van der Waals surface area contributed by atoms with Crippen LogP contribution < -0.4 is 5.73 Å². The minimum absolute atomic E-state index is 0.0102. The van der Waals surface area contributed by atoms with Crippen LogP contribution in [-0.4, -0.2) is 12.3 Å². The van der Waals surface area contributed by atoms with Crippen molar-refractivity contribution in [3.05, 3.63) is 33.8 Å². The molecule has 0 amide bonds. The van der Waals surface area contributed by atoms with Gasteiger partial charge in [-0.2, -0.15) is 0 Å². The third kappa shape index (κ3) is 2.49.